The minimum absolute atomic E-state index is 0.213. The highest BCUT2D eigenvalue weighted by atomic mass is 16.3. The molecule has 1 aromatic carbocycles. The van der Waals surface area contributed by atoms with Crippen LogP contribution in [0.3, 0.4) is 0 Å². The summed E-state index contributed by atoms with van der Waals surface area (Å²) in [5, 5.41) is 26.3. The van der Waals surface area contributed by atoms with Crippen molar-refractivity contribution in [2.75, 3.05) is 11.9 Å². The molecule has 156 valence electrons. The van der Waals surface area contributed by atoms with Gasteiger partial charge < -0.3 is 20.8 Å². The number of nitrogens with one attached hydrogen (secondary N) is 2. The maximum atomic E-state index is 12.7. The van der Waals surface area contributed by atoms with Gasteiger partial charge in [0.15, 0.2) is 0 Å². The van der Waals surface area contributed by atoms with Crippen molar-refractivity contribution in [2.24, 2.45) is 0 Å². The minimum Gasteiger partial charge on any atom is -0.394 e. The van der Waals surface area contributed by atoms with Gasteiger partial charge in [-0.2, -0.15) is 0 Å². The summed E-state index contributed by atoms with van der Waals surface area (Å²) in [4.78, 5) is 25.9. The van der Waals surface area contributed by atoms with E-state index < -0.39 is 6.04 Å². The topological polar surface area (TPSA) is 120 Å². The molecule has 2 heterocycles. The molecule has 0 aliphatic heterocycles. The molecule has 1 saturated carbocycles. The first-order valence-electron chi connectivity index (χ1n) is 10.2. The van der Waals surface area contributed by atoms with Crippen molar-refractivity contribution in [3.8, 4) is 0 Å². The number of pyridine rings is 1. The fourth-order valence-corrected chi connectivity index (χ4v) is 3.67. The van der Waals surface area contributed by atoms with Crippen molar-refractivity contribution in [3.63, 3.8) is 0 Å². The number of anilines is 1. The van der Waals surface area contributed by atoms with Gasteiger partial charge in [-0.05, 0) is 49.9 Å². The average Bonchev–Trinajstić information content (AvgIpc) is 2.79. The van der Waals surface area contributed by atoms with Crippen LogP contribution in [0, 0.1) is 0 Å². The molecule has 0 saturated heterocycles. The smallest absolute Gasteiger partial charge is 0.251 e. The van der Waals surface area contributed by atoms with E-state index in [1.165, 1.54) is 0 Å². The molecule has 3 aromatic rings. The van der Waals surface area contributed by atoms with Gasteiger partial charge >= 0.3 is 0 Å². The van der Waals surface area contributed by atoms with E-state index in [4.69, 9.17) is 0 Å². The summed E-state index contributed by atoms with van der Waals surface area (Å²) >= 11 is 0. The number of hydrogen-bond acceptors (Lipinski definition) is 7. The number of rotatable bonds is 6. The molecule has 2 aromatic heterocycles. The van der Waals surface area contributed by atoms with Crippen molar-refractivity contribution >= 4 is 22.8 Å². The third kappa shape index (κ3) is 4.72. The molecule has 0 spiro atoms. The van der Waals surface area contributed by atoms with Gasteiger partial charge in [0.2, 0.25) is 5.95 Å². The molecule has 1 amide bonds. The first-order valence-corrected chi connectivity index (χ1v) is 10.2. The lowest BCUT2D eigenvalue weighted by Crippen LogP contribution is -2.31. The van der Waals surface area contributed by atoms with Crippen LogP contribution in [0.2, 0.25) is 0 Å². The molecule has 4 N–H and O–H groups in total. The number of hydrogen-bond donors (Lipinski definition) is 4. The highest BCUT2D eigenvalue weighted by Crippen LogP contribution is 2.22. The Balaban J connectivity index is 1.49. The maximum absolute atomic E-state index is 12.7. The first-order chi connectivity index (χ1) is 14.6. The third-order valence-electron chi connectivity index (χ3n) is 5.41. The summed E-state index contributed by atoms with van der Waals surface area (Å²) < 4.78 is 0. The number of amides is 1. The predicted molar refractivity (Wildman–Crippen MR) is 113 cm³/mol. The van der Waals surface area contributed by atoms with Gasteiger partial charge in [-0.25, -0.2) is 9.97 Å². The summed E-state index contributed by atoms with van der Waals surface area (Å²) in [6.45, 7) is -0.247. The van der Waals surface area contributed by atoms with E-state index in [9.17, 15) is 15.0 Å². The molecule has 0 radical (unpaired) electrons. The Labute approximate surface area is 174 Å². The number of carbonyl (C=O) groups is 1. The number of fused-ring (bicyclic) bond motifs is 1. The largest absolute Gasteiger partial charge is 0.394 e. The van der Waals surface area contributed by atoms with Crippen LogP contribution in [0.25, 0.3) is 10.9 Å². The molecular formula is C22H25N5O3. The Kier molecular flexibility index (Phi) is 6.15. The second-order valence-electron chi connectivity index (χ2n) is 7.58. The average molecular weight is 407 g/mol. The number of carbonyl (C=O) groups excluding carboxylic acids is 1. The van der Waals surface area contributed by atoms with E-state index in [2.05, 4.69) is 25.6 Å². The van der Waals surface area contributed by atoms with Gasteiger partial charge in [-0.1, -0.05) is 12.1 Å². The molecule has 1 unspecified atom stereocenters. The quantitative estimate of drug-likeness (QED) is 0.494. The Morgan fingerprint density at radius 1 is 1.13 bits per heavy atom. The molecule has 8 nitrogen and oxygen atoms in total. The lowest BCUT2D eigenvalue weighted by atomic mass is 9.93. The van der Waals surface area contributed by atoms with Crippen molar-refractivity contribution in [1.29, 1.82) is 0 Å². The SMILES string of the molecule is O=C(NC(CO)c1ccccn1)c1ccc2cnc(N[C@H]3CC[C@H](O)CC3)nc2c1. The van der Waals surface area contributed by atoms with Crippen molar-refractivity contribution < 1.29 is 15.0 Å². The van der Waals surface area contributed by atoms with Crippen LogP contribution in [-0.4, -0.2) is 49.8 Å². The molecule has 0 bridgehead atoms. The fraction of sp³-hybridized carbons (Fsp3) is 0.364. The van der Waals surface area contributed by atoms with E-state index in [0.29, 0.717) is 22.7 Å². The highest BCUT2D eigenvalue weighted by molar-refractivity contribution is 5.98. The minimum atomic E-state index is -0.585. The van der Waals surface area contributed by atoms with E-state index in [1.807, 2.05) is 6.07 Å². The number of nitrogens with zero attached hydrogens (tertiary/aromatic N) is 3. The van der Waals surface area contributed by atoms with Crippen LogP contribution in [0.1, 0.15) is 47.8 Å². The number of aliphatic hydroxyl groups is 2. The zero-order valence-corrected chi connectivity index (χ0v) is 16.5. The van der Waals surface area contributed by atoms with Crippen molar-refractivity contribution in [1.82, 2.24) is 20.3 Å². The summed E-state index contributed by atoms with van der Waals surface area (Å²) in [6, 6.07) is 10.2. The van der Waals surface area contributed by atoms with E-state index in [-0.39, 0.29) is 24.7 Å². The second-order valence-corrected chi connectivity index (χ2v) is 7.58. The Morgan fingerprint density at radius 2 is 1.97 bits per heavy atom. The van der Waals surface area contributed by atoms with Crippen LogP contribution >= 0.6 is 0 Å². The van der Waals surface area contributed by atoms with Gasteiger partial charge in [0.05, 0.1) is 30.0 Å². The Hall–Kier alpha value is -3.10. The van der Waals surface area contributed by atoms with Crippen molar-refractivity contribution in [2.45, 2.75) is 43.9 Å². The van der Waals surface area contributed by atoms with Gasteiger partial charge in [0, 0.05) is 29.4 Å². The third-order valence-corrected chi connectivity index (χ3v) is 5.41. The van der Waals surface area contributed by atoms with Crippen LogP contribution in [0.15, 0.2) is 48.8 Å². The predicted octanol–water partition coefficient (Wildman–Crippen LogP) is 2.20. The van der Waals surface area contributed by atoms with Gasteiger partial charge in [-0.15, -0.1) is 0 Å². The number of aliphatic hydroxyl groups excluding tert-OH is 2. The van der Waals surface area contributed by atoms with Crippen LogP contribution < -0.4 is 10.6 Å². The standard InChI is InChI=1S/C22H25N5O3/c28-13-20(18-3-1-2-10-23-18)26-21(30)14-4-5-15-12-24-22(27-19(15)11-14)25-16-6-8-17(29)9-7-16/h1-5,10-12,16-17,20,28-29H,6-9,13H2,(H,26,30)(H,24,25,27)/t16-,17-,20?. The molecule has 1 atom stereocenters. The summed E-state index contributed by atoms with van der Waals surface area (Å²) in [5.74, 6) is 0.208. The van der Waals surface area contributed by atoms with Crippen LogP contribution in [0.4, 0.5) is 5.95 Å². The Morgan fingerprint density at radius 3 is 2.70 bits per heavy atom. The summed E-state index contributed by atoms with van der Waals surface area (Å²) in [6.07, 6.45) is 6.45. The van der Waals surface area contributed by atoms with E-state index in [0.717, 1.165) is 31.1 Å². The molecule has 1 fully saturated rings. The van der Waals surface area contributed by atoms with E-state index >= 15 is 0 Å². The summed E-state index contributed by atoms with van der Waals surface area (Å²) in [7, 11) is 0. The molecular weight excluding hydrogens is 382 g/mol. The van der Waals surface area contributed by atoms with Gasteiger partial charge in [-0.3, -0.25) is 9.78 Å². The van der Waals surface area contributed by atoms with Crippen molar-refractivity contribution in [3.05, 3.63) is 60.0 Å². The lowest BCUT2D eigenvalue weighted by molar-refractivity contribution is 0.0915. The molecule has 30 heavy (non-hydrogen) atoms. The molecule has 1 aliphatic rings. The van der Waals surface area contributed by atoms with Crippen LogP contribution in [-0.2, 0) is 0 Å². The Bertz CT molecular complexity index is 1010. The molecule has 4 rings (SSSR count). The normalized spacial score (nSPS) is 19.9. The second kappa shape index (κ2) is 9.15. The lowest BCUT2D eigenvalue weighted by Gasteiger charge is -2.26. The maximum Gasteiger partial charge on any atom is 0.251 e. The fourth-order valence-electron chi connectivity index (χ4n) is 3.67. The number of benzene rings is 1. The monoisotopic (exact) mass is 407 g/mol. The first kappa shape index (κ1) is 20.2. The number of aromatic nitrogens is 3. The molecule has 1 aliphatic carbocycles. The van der Waals surface area contributed by atoms with Gasteiger partial charge in [0.1, 0.15) is 0 Å². The zero-order chi connectivity index (χ0) is 20.9. The summed E-state index contributed by atoms with van der Waals surface area (Å²) in [5.41, 5.74) is 1.71. The van der Waals surface area contributed by atoms with E-state index in [1.54, 1.807) is 42.7 Å². The highest BCUT2D eigenvalue weighted by Gasteiger charge is 2.20. The van der Waals surface area contributed by atoms with Crippen LogP contribution in [0.5, 0.6) is 0 Å². The van der Waals surface area contributed by atoms with Gasteiger partial charge in [0.25, 0.3) is 5.91 Å². The zero-order valence-electron chi connectivity index (χ0n) is 16.5. The molecule has 8 heteroatoms.